The van der Waals surface area contributed by atoms with Gasteiger partial charge in [0.1, 0.15) is 36.6 Å². The third-order valence-electron chi connectivity index (χ3n) is 7.47. The first-order valence-corrected chi connectivity index (χ1v) is 19.2. The Morgan fingerprint density at radius 3 is 2.04 bits per heavy atom. The molecular weight excluding hydrogens is 721 g/mol. The van der Waals surface area contributed by atoms with Crippen molar-refractivity contribution in [2.24, 2.45) is 0 Å². The molecule has 3 N–H and O–H groups in total. The van der Waals surface area contributed by atoms with Gasteiger partial charge in [-0.15, -0.1) is 0 Å². The number of ether oxygens (including phenoxy) is 2. The van der Waals surface area contributed by atoms with Crippen LogP contribution in [-0.2, 0) is 36.7 Å². The monoisotopic (exact) mass is 742 g/mol. The molecular formula is C22H22Cl2N6O11P2S2. The van der Waals surface area contributed by atoms with Crippen LogP contribution in [0.3, 0.4) is 0 Å². The number of hydrogen-bond donors (Lipinski definition) is 5. The van der Waals surface area contributed by atoms with E-state index in [0.29, 0.717) is 11.0 Å². The molecule has 4 aromatic rings. The van der Waals surface area contributed by atoms with Gasteiger partial charge in [0.15, 0.2) is 23.6 Å². The summed E-state index contributed by atoms with van der Waals surface area (Å²) in [5, 5.41) is 22.9. The van der Waals surface area contributed by atoms with Gasteiger partial charge in [0.2, 0.25) is 0 Å². The Kier molecular flexibility index (Phi) is 8.44. The van der Waals surface area contributed by atoms with Crippen LogP contribution in [0.4, 0.5) is 0 Å². The highest BCUT2D eigenvalue weighted by Gasteiger charge is 2.53. The summed E-state index contributed by atoms with van der Waals surface area (Å²) in [6.45, 7) is -9.78. The third kappa shape index (κ3) is 5.91. The molecule has 3 saturated heterocycles. The molecule has 0 saturated carbocycles. The van der Waals surface area contributed by atoms with Crippen LogP contribution in [0, 0.1) is 0 Å². The number of aliphatic hydroxyl groups is 2. The second-order valence-electron chi connectivity index (χ2n) is 10.2. The summed E-state index contributed by atoms with van der Waals surface area (Å²) in [7, 11) is 0. The summed E-state index contributed by atoms with van der Waals surface area (Å²) in [6, 6.07) is 3.06. The van der Waals surface area contributed by atoms with E-state index in [2.05, 4.69) is 44.4 Å². The molecule has 0 radical (unpaired) electrons. The number of benzene rings is 1. The molecule has 10 atom stereocenters. The topological polar surface area (TPSA) is 211 Å². The fourth-order valence-electron chi connectivity index (χ4n) is 5.37. The highest BCUT2D eigenvalue weighted by Crippen LogP contribution is 2.60. The second kappa shape index (κ2) is 11.9. The van der Waals surface area contributed by atoms with Crippen molar-refractivity contribution in [2.45, 2.75) is 49.1 Å². The molecule has 7 rings (SSSR count). The lowest BCUT2D eigenvalue weighted by Crippen LogP contribution is -2.37. The zero-order valence-corrected chi connectivity index (χ0v) is 27.4. The first-order valence-electron chi connectivity index (χ1n) is 13.0. The van der Waals surface area contributed by atoms with Gasteiger partial charge in [-0.1, -0.05) is 47.7 Å². The molecule has 23 heteroatoms. The fourth-order valence-corrected chi connectivity index (χ4v) is 8.60. The Bertz CT molecular complexity index is 1950. The third-order valence-corrected chi connectivity index (χ3v) is 11.4. The molecule has 3 aromatic heterocycles. The Hall–Kier alpha value is -1.54. The van der Waals surface area contributed by atoms with Crippen molar-refractivity contribution in [3.05, 3.63) is 51.5 Å². The number of fused-ring (bicyclic) bond motifs is 6. The number of thiol groups is 2. The number of imidazole rings is 2. The van der Waals surface area contributed by atoms with Crippen LogP contribution in [0.25, 0.3) is 22.2 Å². The minimum Gasteiger partial charge on any atom is -0.387 e. The lowest BCUT2D eigenvalue weighted by Gasteiger charge is -2.26. The Morgan fingerprint density at radius 1 is 0.867 bits per heavy atom. The Labute approximate surface area is 272 Å². The van der Waals surface area contributed by atoms with Gasteiger partial charge >= 0.3 is 13.6 Å². The van der Waals surface area contributed by atoms with E-state index >= 15 is 0 Å². The van der Waals surface area contributed by atoms with Crippen molar-refractivity contribution in [3.8, 4) is 0 Å². The summed E-state index contributed by atoms with van der Waals surface area (Å²) in [6.07, 6.45) is -7.15. The van der Waals surface area contributed by atoms with Crippen LogP contribution in [-0.4, -0.2) is 89.1 Å². The molecule has 4 bridgehead atoms. The van der Waals surface area contributed by atoms with Crippen molar-refractivity contribution < 1.29 is 46.9 Å². The molecule has 3 aliphatic rings. The van der Waals surface area contributed by atoms with E-state index in [4.69, 9.17) is 50.8 Å². The van der Waals surface area contributed by atoms with Crippen LogP contribution in [0.5, 0.6) is 0 Å². The van der Waals surface area contributed by atoms with Crippen LogP contribution >= 0.6 is 61.3 Å². The molecule has 45 heavy (non-hydrogen) atoms. The normalized spacial score (nSPS) is 37.7. The van der Waals surface area contributed by atoms with Crippen molar-refractivity contribution in [3.63, 3.8) is 0 Å². The summed E-state index contributed by atoms with van der Waals surface area (Å²) in [4.78, 5) is 27.0. The maximum absolute atomic E-state index is 13.5. The van der Waals surface area contributed by atoms with Gasteiger partial charge < -0.3 is 29.2 Å². The van der Waals surface area contributed by atoms with Gasteiger partial charge in [0, 0.05) is 0 Å². The fraction of sp³-hybridized carbons (Fsp3) is 0.455. The number of hydrogen-bond acceptors (Lipinski definition) is 14. The van der Waals surface area contributed by atoms with E-state index in [9.17, 15) is 24.1 Å². The molecule has 6 heterocycles. The predicted molar refractivity (Wildman–Crippen MR) is 163 cm³/mol. The number of nitrogens with one attached hydrogen (secondary N) is 1. The number of halogens is 2. The van der Waals surface area contributed by atoms with Gasteiger partial charge in [0.05, 0.1) is 53.3 Å². The Morgan fingerprint density at radius 2 is 1.42 bits per heavy atom. The molecule has 3 aliphatic heterocycles. The average molecular weight is 743 g/mol. The van der Waals surface area contributed by atoms with Crippen molar-refractivity contribution in [2.75, 3.05) is 13.2 Å². The average Bonchev–Trinajstić information content (AvgIpc) is 3.73. The minimum absolute atomic E-state index is 0.0359. The number of aromatic amines is 1. The lowest BCUT2D eigenvalue weighted by molar-refractivity contribution is -0.0583. The van der Waals surface area contributed by atoms with E-state index in [1.54, 1.807) is 0 Å². The number of aliphatic hydroxyl groups excluding tert-OH is 2. The van der Waals surface area contributed by atoms with E-state index in [0.717, 1.165) is 6.33 Å². The molecule has 6 unspecified atom stereocenters. The van der Waals surface area contributed by atoms with Gasteiger partial charge in [-0.05, 0) is 12.1 Å². The lowest BCUT2D eigenvalue weighted by atomic mass is 10.1. The highest BCUT2D eigenvalue weighted by molar-refractivity contribution is 8.44. The predicted octanol–water partition coefficient (Wildman–Crippen LogP) is 2.89. The standard InChI is InChI=1S/C22H22Cl2N6O11P2S2/c23-8-1-10-11(2-9(8)24)29(6-27-10)21-17-15(31)12(38-21)3-36-43(35,45)41-18-16(32)13(4-37-42(34,44)40-17)39-22(18)30-7-28-14-19(30)25-5-26-20(14)33/h1-2,5-7,12-13,15-18,21-22,31-32H,3-4H2,(H,34,44)(H,35,45)(H,25,26,33)/t12-,13-,15?,16?,17?,18?,21-,22-,42?,43?/m1/s1. The SMILES string of the molecule is O=c1[nH]cnc2c1ncn2[C@@H]1O[C@@H]2COP(=O)(S)OC3C(O)[C@@H](COP(=O)(S)OC1C2O)O[C@H]3n1cnc2cc(Cl)c(Cl)cc21. The smallest absolute Gasteiger partial charge is 0.386 e. The van der Waals surface area contributed by atoms with E-state index < -0.39 is 81.4 Å². The zero-order valence-electron chi connectivity index (χ0n) is 22.3. The van der Waals surface area contributed by atoms with Crippen LogP contribution in [0.2, 0.25) is 10.0 Å². The molecule has 3 fully saturated rings. The number of aromatic nitrogens is 6. The summed E-state index contributed by atoms with van der Waals surface area (Å²) < 4.78 is 64.2. The first kappa shape index (κ1) is 32.0. The maximum atomic E-state index is 13.5. The summed E-state index contributed by atoms with van der Waals surface area (Å²) >= 11 is 20.5. The van der Waals surface area contributed by atoms with E-state index in [-0.39, 0.29) is 21.2 Å². The quantitative estimate of drug-likeness (QED) is 0.148. The number of nitrogens with zero attached hydrogens (tertiary/aromatic N) is 5. The molecule has 17 nitrogen and oxygen atoms in total. The van der Waals surface area contributed by atoms with Crippen LogP contribution in [0.1, 0.15) is 12.5 Å². The summed E-state index contributed by atoms with van der Waals surface area (Å²) in [5.41, 5.74) is 0.375. The van der Waals surface area contributed by atoms with Crippen molar-refractivity contribution in [1.29, 1.82) is 0 Å². The first-order chi connectivity index (χ1) is 21.3. The number of rotatable bonds is 2. The van der Waals surface area contributed by atoms with Crippen molar-refractivity contribution in [1.82, 2.24) is 29.1 Å². The van der Waals surface area contributed by atoms with Gasteiger partial charge in [-0.2, -0.15) is 0 Å². The van der Waals surface area contributed by atoms with E-state index in [1.807, 2.05) is 0 Å². The Balaban J connectivity index is 1.22. The van der Waals surface area contributed by atoms with Gasteiger partial charge in [-0.3, -0.25) is 27.5 Å². The zero-order chi connectivity index (χ0) is 31.8. The number of H-pyrrole nitrogens is 1. The molecule has 0 aliphatic carbocycles. The molecule has 1 aromatic carbocycles. The molecule has 0 spiro atoms. The van der Waals surface area contributed by atoms with E-state index in [1.165, 1.54) is 33.9 Å². The molecule has 0 amide bonds. The summed E-state index contributed by atoms with van der Waals surface area (Å²) in [5.74, 6) is 0. The minimum atomic E-state index is -4.33. The van der Waals surface area contributed by atoms with Gasteiger partial charge in [-0.25, -0.2) is 24.1 Å². The second-order valence-corrected chi connectivity index (χ2v) is 16.8. The van der Waals surface area contributed by atoms with Crippen LogP contribution < -0.4 is 5.56 Å². The largest absolute Gasteiger partial charge is 0.387 e. The van der Waals surface area contributed by atoms with Crippen LogP contribution in [0.15, 0.2) is 35.9 Å². The maximum Gasteiger partial charge on any atom is 0.386 e. The van der Waals surface area contributed by atoms with Crippen molar-refractivity contribution >= 4 is 83.5 Å². The van der Waals surface area contributed by atoms with Gasteiger partial charge in [0.25, 0.3) is 5.56 Å². The highest BCUT2D eigenvalue weighted by atomic mass is 35.5. The molecule has 242 valence electrons.